The molecule has 0 fully saturated rings. The van der Waals surface area contributed by atoms with Gasteiger partial charge in [0.15, 0.2) is 0 Å². The van der Waals surface area contributed by atoms with Crippen molar-refractivity contribution in [3.05, 3.63) is 45.5 Å². The van der Waals surface area contributed by atoms with Gasteiger partial charge in [0, 0.05) is 36.0 Å². The van der Waals surface area contributed by atoms with Crippen LogP contribution < -0.4 is 5.32 Å². The summed E-state index contributed by atoms with van der Waals surface area (Å²) < 4.78 is 0. The van der Waals surface area contributed by atoms with E-state index in [9.17, 15) is 19.7 Å². The highest BCUT2D eigenvalue weighted by atomic mass is 32.1. The summed E-state index contributed by atoms with van der Waals surface area (Å²) >= 11 is 1.23. The first kappa shape index (κ1) is 17.5. The van der Waals surface area contributed by atoms with Crippen LogP contribution in [0.1, 0.15) is 29.8 Å². The molecule has 1 amide bonds. The van der Waals surface area contributed by atoms with Gasteiger partial charge in [0.2, 0.25) is 0 Å². The molecular weight excluding hydrogens is 334 g/mol. The molecule has 24 heavy (non-hydrogen) atoms. The third-order valence-corrected chi connectivity index (χ3v) is 4.04. The first-order chi connectivity index (χ1) is 11.5. The number of aliphatic carboxylic acids is 1. The Labute approximate surface area is 141 Å². The Morgan fingerprint density at radius 3 is 2.83 bits per heavy atom. The molecule has 8 nitrogen and oxygen atoms in total. The number of benzene rings is 1. The van der Waals surface area contributed by atoms with Gasteiger partial charge in [-0.3, -0.25) is 19.7 Å². The van der Waals surface area contributed by atoms with E-state index in [2.05, 4.69) is 10.3 Å². The number of carboxylic acid groups (broad SMARTS) is 1. The fourth-order valence-electron chi connectivity index (χ4n) is 1.96. The van der Waals surface area contributed by atoms with Crippen LogP contribution in [0.15, 0.2) is 29.6 Å². The summed E-state index contributed by atoms with van der Waals surface area (Å²) in [6.45, 7) is 0.371. The SMILES string of the molecule is O=C(O)CCCCNC(=O)c1csc(-c2cccc([N+](=O)[O-])c2)n1. The molecule has 2 N–H and O–H groups in total. The molecule has 1 aromatic heterocycles. The van der Waals surface area contributed by atoms with Crippen molar-refractivity contribution in [3.63, 3.8) is 0 Å². The van der Waals surface area contributed by atoms with Gasteiger partial charge in [0.25, 0.3) is 11.6 Å². The standard InChI is InChI=1S/C15H15N3O5S/c19-13(20)6-1-2-7-16-14(21)12-9-24-15(17-12)10-4-3-5-11(8-10)18(22)23/h3-5,8-9H,1-2,6-7H2,(H,16,21)(H,19,20). The van der Waals surface area contributed by atoms with Crippen molar-refractivity contribution in [1.29, 1.82) is 0 Å². The van der Waals surface area contributed by atoms with E-state index in [4.69, 9.17) is 5.11 Å². The van der Waals surface area contributed by atoms with Gasteiger partial charge >= 0.3 is 5.97 Å². The lowest BCUT2D eigenvalue weighted by atomic mass is 10.2. The summed E-state index contributed by atoms with van der Waals surface area (Å²) in [5.41, 5.74) is 0.779. The molecule has 0 aliphatic carbocycles. The van der Waals surface area contributed by atoms with Crippen LogP contribution in [0.5, 0.6) is 0 Å². The fraction of sp³-hybridized carbons (Fsp3) is 0.267. The fourth-order valence-corrected chi connectivity index (χ4v) is 2.75. The maximum atomic E-state index is 12.0. The van der Waals surface area contributed by atoms with Gasteiger partial charge in [-0.2, -0.15) is 0 Å². The van der Waals surface area contributed by atoms with Crippen molar-refractivity contribution in [2.24, 2.45) is 0 Å². The number of aromatic nitrogens is 1. The number of thiazole rings is 1. The summed E-state index contributed by atoms with van der Waals surface area (Å²) in [5, 5.41) is 24.1. The number of amides is 1. The van der Waals surface area contributed by atoms with Crippen LogP contribution in [0.2, 0.25) is 0 Å². The Kier molecular flexibility index (Phi) is 5.96. The Morgan fingerprint density at radius 2 is 2.12 bits per heavy atom. The van der Waals surface area contributed by atoms with Crippen LogP contribution in [0.25, 0.3) is 10.6 Å². The van der Waals surface area contributed by atoms with Crippen LogP contribution in [0.3, 0.4) is 0 Å². The first-order valence-corrected chi connectivity index (χ1v) is 8.05. The molecule has 0 unspecified atom stereocenters. The zero-order valence-electron chi connectivity index (χ0n) is 12.6. The molecule has 2 aromatic rings. The van der Waals surface area contributed by atoms with Gasteiger partial charge in [-0.05, 0) is 12.8 Å². The molecule has 2 rings (SSSR count). The summed E-state index contributed by atoms with van der Waals surface area (Å²) in [6.07, 6.45) is 1.13. The normalized spacial score (nSPS) is 10.3. The number of unbranched alkanes of at least 4 members (excludes halogenated alkanes) is 1. The van der Waals surface area contributed by atoms with Crippen LogP contribution in [-0.2, 0) is 4.79 Å². The third-order valence-electron chi connectivity index (χ3n) is 3.14. The van der Waals surface area contributed by atoms with Crippen molar-refractivity contribution in [2.75, 3.05) is 6.54 Å². The average molecular weight is 349 g/mol. The number of nitrogens with one attached hydrogen (secondary N) is 1. The number of non-ortho nitro benzene ring substituents is 1. The van der Waals surface area contributed by atoms with E-state index in [-0.39, 0.29) is 23.7 Å². The van der Waals surface area contributed by atoms with Crippen LogP contribution >= 0.6 is 11.3 Å². The number of carbonyl (C=O) groups excluding carboxylic acids is 1. The number of hydrogen-bond donors (Lipinski definition) is 2. The largest absolute Gasteiger partial charge is 0.481 e. The molecule has 0 spiro atoms. The lowest BCUT2D eigenvalue weighted by molar-refractivity contribution is -0.384. The summed E-state index contributed by atoms with van der Waals surface area (Å²) in [6, 6.07) is 6.06. The molecule has 0 aliphatic rings. The molecular formula is C15H15N3O5S. The molecule has 0 bridgehead atoms. The zero-order valence-corrected chi connectivity index (χ0v) is 13.4. The predicted octanol–water partition coefficient (Wildman–Crippen LogP) is 2.70. The second kappa shape index (κ2) is 8.16. The van der Waals surface area contributed by atoms with Gasteiger partial charge in [0.05, 0.1) is 4.92 Å². The third kappa shape index (κ3) is 4.85. The molecule has 0 saturated carbocycles. The molecule has 0 aliphatic heterocycles. The van der Waals surface area contributed by atoms with Crippen LogP contribution in [0.4, 0.5) is 5.69 Å². The minimum Gasteiger partial charge on any atom is -0.481 e. The minimum absolute atomic E-state index is 0.0351. The average Bonchev–Trinajstić information content (AvgIpc) is 3.04. The molecule has 0 atom stereocenters. The highest BCUT2D eigenvalue weighted by molar-refractivity contribution is 7.13. The van der Waals surface area contributed by atoms with Gasteiger partial charge in [-0.15, -0.1) is 11.3 Å². The lowest BCUT2D eigenvalue weighted by Crippen LogP contribution is -2.24. The molecule has 0 radical (unpaired) electrons. The molecule has 1 heterocycles. The van der Waals surface area contributed by atoms with Crippen molar-refractivity contribution in [1.82, 2.24) is 10.3 Å². The maximum Gasteiger partial charge on any atom is 0.303 e. The van der Waals surface area contributed by atoms with Crippen LogP contribution in [0, 0.1) is 10.1 Å². The summed E-state index contributed by atoms with van der Waals surface area (Å²) in [4.78, 5) is 36.9. The zero-order chi connectivity index (χ0) is 17.5. The van der Waals surface area contributed by atoms with Crippen molar-refractivity contribution < 1.29 is 19.6 Å². The summed E-state index contributed by atoms with van der Waals surface area (Å²) in [5.74, 6) is -1.21. The van der Waals surface area contributed by atoms with E-state index in [0.717, 1.165) is 0 Å². The van der Waals surface area contributed by atoms with E-state index in [1.165, 1.54) is 23.5 Å². The van der Waals surface area contributed by atoms with E-state index in [1.54, 1.807) is 17.5 Å². The topological polar surface area (TPSA) is 122 Å². The van der Waals surface area contributed by atoms with Gasteiger partial charge in [-0.25, -0.2) is 4.98 Å². The number of hydrogen-bond acceptors (Lipinski definition) is 6. The van der Waals surface area contributed by atoms with Crippen molar-refractivity contribution in [3.8, 4) is 10.6 Å². The maximum absolute atomic E-state index is 12.0. The van der Waals surface area contributed by atoms with Gasteiger partial charge in [-0.1, -0.05) is 12.1 Å². The number of carbonyl (C=O) groups is 2. The molecule has 0 saturated heterocycles. The van der Waals surface area contributed by atoms with E-state index in [0.29, 0.717) is 30.0 Å². The van der Waals surface area contributed by atoms with E-state index >= 15 is 0 Å². The van der Waals surface area contributed by atoms with E-state index in [1.807, 2.05) is 0 Å². The highest BCUT2D eigenvalue weighted by Crippen LogP contribution is 2.26. The first-order valence-electron chi connectivity index (χ1n) is 7.17. The monoisotopic (exact) mass is 349 g/mol. The number of rotatable bonds is 8. The van der Waals surface area contributed by atoms with Crippen molar-refractivity contribution >= 4 is 28.9 Å². The number of nitro groups is 1. The number of carboxylic acids is 1. The smallest absolute Gasteiger partial charge is 0.303 e. The van der Waals surface area contributed by atoms with Gasteiger partial charge < -0.3 is 10.4 Å². The Balaban J connectivity index is 1.95. The molecule has 9 heteroatoms. The van der Waals surface area contributed by atoms with Gasteiger partial charge in [0.1, 0.15) is 10.7 Å². The summed E-state index contributed by atoms with van der Waals surface area (Å²) in [7, 11) is 0. The molecule has 126 valence electrons. The lowest BCUT2D eigenvalue weighted by Gasteiger charge is -2.02. The molecule has 1 aromatic carbocycles. The number of nitro benzene ring substituents is 1. The Hall–Kier alpha value is -2.81. The minimum atomic E-state index is -0.859. The second-order valence-electron chi connectivity index (χ2n) is 4.95. The quantitative estimate of drug-likeness (QED) is 0.429. The second-order valence-corrected chi connectivity index (χ2v) is 5.81. The van der Waals surface area contributed by atoms with Crippen LogP contribution in [-0.4, -0.2) is 33.4 Å². The van der Waals surface area contributed by atoms with Crippen molar-refractivity contribution in [2.45, 2.75) is 19.3 Å². The number of nitrogens with zero attached hydrogens (tertiary/aromatic N) is 2. The Bertz CT molecular complexity index is 759. The highest BCUT2D eigenvalue weighted by Gasteiger charge is 2.13. The predicted molar refractivity (Wildman–Crippen MR) is 88.0 cm³/mol. The van der Waals surface area contributed by atoms with E-state index < -0.39 is 10.9 Å². The Morgan fingerprint density at radius 1 is 1.33 bits per heavy atom.